The molecule has 11 heteroatoms. The zero-order valence-corrected chi connectivity index (χ0v) is 21.6. The molecule has 2 aromatic rings. The first kappa shape index (κ1) is 28.9. The maximum atomic E-state index is 13.4. The molecule has 2 amide bonds. The molecular formula is C28H30F6N2O3. The smallest absolute Gasteiger partial charge is 0.371 e. The van der Waals surface area contributed by atoms with Gasteiger partial charge in [-0.15, -0.1) is 0 Å². The summed E-state index contributed by atoms with van der Waals surface area (Å²) in [6.45, 7) is 3.81. The lowest BCUT2D eigenvalue weighted by Crippen LogP contribution is -2.53. The normalized spacial score (nSPS) is 22.3. The molecule has 0 saturated carbocycles. The van der Waals surface area contributed by atoms with Crippen LogP contribution in [0, 0.1) is 6.92 Å². The highest BCUT2D eigenvalue weighted by Crippen LogP contribution is 2.38. The minimum absolute atomic E-state index is 0.0863. The SMILES string of the molecule is CC(=O)N1CCCC1C(=O)N1CC[C@@H](c2ccccc2C)[C@@H](OCc2cc(C(F)(F)F)cc(C(F)(F)F)c2)C1. The summed E-state index contributed by atoms with van der Waals surface area (Å²) >= 11 is 0. The molecule has 2 saturated heterocycles. The van der Waals surface area contributed by atoms with Crippen molar-refractivity contribution in [3.63, 3.8) is 0 Å². The molecule has 2 aromatic carbocycles. The van der Waals surface area contributed by atoms with E-state index in [-0.39, 0.29) is 35.9 Å². The first-order chi connectivity index (χ1) is 18.3. The molecule has 0 radical (unpaired) electrons. The van der Waals surface area contributed by atoms with Crippen LogP contribution in [0.15, 0.2) is 42.5 Å². The van der Waals surface area contributed by atoms with E-state index in [0.29, 0.717) is 44.5 Å². The van der Waals surface area contributed by atoms with Crippen molar-refractivity contribution >= 4 is 11.8 Å². The second-order valence-corrected chi connectivity index (χ2v) is 10.2. The highest BCUT2D eigenvalue weighted by molar-refractivity contribution is 5.87. The van der Waals surface area contributed by atoms with Crippen molar-refractivity contribution in [1.82, 2.24) is 9.80 Å². The summed E-state index contributed by atoms with van der Waals surface area (Å²) in [5.74, 6) is -0.646. The summed E-state index contributed by atoms with van der Waals surface area (Å²) in [6.07, 6.45) is -8.88. The van der Waals surface area contributed by atoms with Gasteiger partial charge in [-0.05, 0) is 61.1 Å². The third-order valence-electron chi connectivity index (χ3n) is 7.51. The van der Waals surface area contributed by atoms with Crippen LogP contribution in [-0.2, 0) is 33.3 Å². The summed E-state index contributed by atoms with van der Waals surface area (Å²) in [4.78, 5) is 28.5. The Morgan fingerprint density at radius 3 is 2.18 bits per heavy atom. The Kier molecular flexibility index (Phi) is 8.30. The number of hydrogen-bond donors (Lipinski definition) is 0. The average molecular weight is 557 g/mol. The van der Waals surface area contributed by atoms with Gasteiger partial charge in [0.25, 0.3) is 0 Å². The number of carbonyl (C=O) groups is 2. The predicted molar refractivity (Wildman–Crippen MR) is 131 cm³/mol. The monoisotopic (exact) mass is 556 g/mol. The van der Waals surface area contributed by atoms with Crippen LogP contribution in [-0.4, -0.2) is 53.4 Å². The Hall–Kier alpha value is -3.08. The van der Waals surface area contributed by atoms with Crippen LogP contribution >= 0.6 is 0 Å². The van der Waals surface area contributed by atoms with Gasteiger partial charge in [0.2, 0.25) is 11.8 Å². The molecule has 0 aromatic heterocycles. The van der Waals surface area contributed by atoms with Crippen molar-refractivity contribution in [2.45, 2.75) is 70.1 Å². The average Bonchev–Trinajstić information content (AvgIpc) is 3.37. The molecule has 39 heavy (non-hydrogen) atoms. The fourth-order valence-electron chi connectivity index (χ4n) is 5.56. The minimum Gasteiger partial charge on any atom is -0.371 e. The number of alkyl halides is 6. The molecule has 3 atom stereocenters. The van der Waals surface area contributed by atoms with Gasteiger partial charge in [0.1, 0.15) is 6.04 Å². The van der Waals surface area contributed by atoms with Crippen LogP contribution in [0.1, 0.15) is 59.9 Å². The van der Waals surface area contributed by atoms with E-state index in [1.165, 1.54) is 11.8 Å². The van der Waals surface area contributed by atoms with E-state index in [1.807, 2.05) is 31.2 Å². The van der Waals surface area contributed by atoms with E-state index in [0.717, 1.165) is 11.1 Å². The standard InChI is InChI=1S/C28H30F6N2O3/c1-17-6-3-4-7-22(17)23-9-11-35(26(38)24-8-5-10-36(24)18(2)37)15-25(23)39-16-19-12-20(27(29,30)31)14-21(13-19)28(32,33)34/h3-4,6-7,12-14,23-25H,5,8-11,15-16H2,1-2H3/t23-,24?,25-/m0/s1. The lowest BCUT2D eigenvalue weighted by Gasteiger charge is -2.41. The van der Waals surface area contributed by atoms with Crippen LogP contribution in [0.25, 0.3) is 0 Å². The van der Waals surface area contributed by atoms with E-state index in [9.17, 15) is 35.9 Å². The van der Waals surface area contributed by atoms with Gasteiger partial charge in [-0.1, -0.05) is 24.3 Å². The molecule has 212 valence electrons. The Balaban J connectivity index is 1.60. The van der Waals surface area contributed by atoms with Crippen LogP contribution in [0.4, 0.5) is 26.3 Å². The molecule has 0 aliphatic carbocycles. The molecule has 0 bridgehead atoms. The maximum Gasteiger partial charge on any atom is 0.416 e. The number of halogens is 6. The summed E-state index contributed by atoms with van der Waals surface area (Å²) in [5, 5.41) is 0. The minimum atomic E-state index is -4.96. The molecule has 5 nitrogen and oxygen atoms in total. The van der Waals surface area contributed by atoms with Gasteiger partial charge < -0.3 is 14.5 Å². The highest BCUT2D eigenvalue weighted by atomic mass is 19.4. The van der Waals surface area contributed by atoms with E-state index < -0.39 is 42.2 Å². The fourth-order valence-corrected chi connectivity index (χ4v) is 5.56. The number of piperidine rings is 1. The highest BCUT2D eigenvalue weighted by Gasteiger charge is 2.40. The summed E-state index contributed by atoms with van der Waals surface area (Å²) < 4.78 is 86.2. The fraction of sp³-hybridized carbons (Fsp3) is 0.500. The van der Waals surface area contributed by atoms with Gasteiger partial charge in [0.05, 0.1) is 23.8 Å². The van der Waals surface area contributed by atoms with E-state index in [1.54, 1.807) is 4.90 Å². The van der Waals surface area contributed by atoms with Gasteiger partial charge in [-0.25, -0.2) is 0 Å². The second-order valence-electron chi connectivity index (χ2n) is 10.2. The van der Waals surface area contributed by atoms with Gasteiger partial charge in [-0.3, -0.25) is 9.59 Å². The Morgan fingerprint density at radius 1 is 0.949 bits per heavy atom. The summed E-state index contributed by atoms with van der Waals surface area (Å²) in [6, 6.07) is 8.36. The number of carbonyl (C=O) groups excluding carboxylic acids is 2. The second kappa shape index (κ2) is 11.2. The van der Waals surface area contributed by atoms with E-state index in [2.05, 4.69) is 0 Å². The number of nitrogens with zero attached hydrogens (tertiary/aromatic N) is 2. The first-order valence-corrected chi connectivity index (χ1v) is 12.8. The number of ether oxygens (including phenoxy) is 1. The number of hydrogen-bond acceptors (Lipinski definition) is 3. The number of aryl methyl sites for hydroxylation is 1. The Bertz CT molecular complexity index is 1180. The van der Waals surface area contributed by atoms with Crippen LogP contribution < -0.4 is 0 Å². The molecule has 2 heterocycles. The Labute approximate surface area is 222 Å². The third kappa shape index (κ3) is 6.57. The summed E-state index contributed by atoms with van der Waals surface area (Å²) in [7, 11) is 0. The number of amides is 2. The molecule has 4 rings (SSSR count). The van der Waals surface area contributed by atoms with Crippen LogP contribution in [0.3, 0.4) is 0 Å². The van der Waals surface area contributed by atoms with Crippen molar-refractivity contribution in [3.8, 4) is 0 Å². The zero-order chi connectivity index (χ0) is 28.5. The number of benzene rings is 2. The Morgan fingerprint density at radius 2 is 1.59 bits per heavy atom. The molecule has 2 aliphatic rings. The van der Waals surface area contributed by atoms with Gasteiger partial charge in [0, 0.05) is 32.5 Å². The van der Waals surface area contributed by atoms with Gasteiger partial charge in [-0.2, -0.15) is 26.3 Å². The zero-order valence-electron chi connectivity index (χ0n) is 21.6. The molecule has 1 unspecified atom stereocenters. The van der Waals surface area contributed by atoms with Gasteiger partial charge in [0.15, 0.2) is 0 Å². The van der Waals surface area contributed by atoms with Crippen molar-refractivity contribution in [2.75, 3.05) is 19.6 Å². The van der Waals surface area contributed by atoms with Crippen molar-refractivity contribution in [1.29, 1.82) is 0 Å². The lowest BCUT2D eigenvalue weighted by atomic mass is 9.84. The maximum absolute atomic E-state index is 13.4. The lowest BCUT2D eigenvalue weighted by molar-refractivity contribution is -0.146. The van der Waals surface area contributed by atoms with E-state index in [4.69, 9.17) is 4.74 Å². The molecule has 2 fully saturated rings. The third-order valence-corrected chi connectivity index (χ3v) is 7.51. The summed E-state index contributed by atoms with van der Waals surface area (Å²) in [5.41, 5.74) is -1.16. The van der Waals surface area contributed by atoms with Crippen LogP contribution in [0.2, 0.25) is 0 Å². The number of rotatable bonds is 5. The van der Waals surface area contributed by atoms with Crippen LogP contribution in [0.5, 0.6) is 0 Å². The molecular weight excluding hydrogens is 526 g/mol. The molecule has 2 aliphatic heterocycles. The quantitative estimate of drug-likeness (QED) is 0.428. The largest absolute Gasteiger partial charge is 0.416 e. The molecule has 0 spiro atoms. The van der Waals surface area contributed by atoms with E-state index >= 15 is 0 Å². The van der Waals surface area contributed by atoms with Crippen molar-refractivity contribution < 1.29 is 40.7 Å². The van der Waals surface area contributed by atoms with Gasteiger partial charge >= 0.3 is 12.4 Å². The van der Waals surface area contributed by atoms with Crippen molar-refractivity contribution in [2.24, 2.45) is 0 Å². The first-order valence-electron chi connectivity index (χ1n) is 12.8. The number of likely N-dealkylation sites (tertiary alicyclic amines) is 2. The molecule has 0 N–H and O–H groups in total. The predicted octanol–water partition coefficient (Wildman–Crippen LogP) is 5.94. The topological polar surface area (TPSA) is 49.9 Å². The van der Waals surface area contributed by atoms with Crippen molar-refractivity contribution in [3.05, 3.63) is 70.3 Å².